The molecule has 2 heterocycles. The molecule has 0 amide bonds. The van der Waals surface area contributed by atoms with Crippen molar-refractivity contribution in [2.75, 3.05) is 26.4 Å². The van der Waals surface area contributed by atoms with Crippen LogP contribution in [0.1, 0.15) is 32.1 Å². The minimum Gasteiger partial charge on any atom is -0.481 e. The Bertz CT molecular complexity index is 234. The van der Waals surface area contributed by atoms with E-state index in [2.05, 4.69) is 0 Å². The molecule has 1 saturated carbocycles. The molecule has 0 unspecified atom stereocenters. The predicted molar refractivity (Wildman–Crippen MR) is 58.3 cm³/mol. The molecule has 16 heavy (non-hydrogen) atoms. The van der Waals surface area contributed by atoms with Gasteiger partial charge in [0.25, 0.3) is 0 Å². The molecule has 0 aromatic heterocycles. The van der Waals surface area contributed by atoms with Gasteiger partial charge >= 0.3 is 5.97 Å². The second-order valence-electron chi connectivity index (χ2n) is 4.89. The molecule has 0 bridgehead atoms. The predicted octanol–water partition coefficient (Wildman–Crippen LogP) is 1.68. The van der Waals surface area contributed by atoms with Crippen molar-refractivity contribution in [2.24, 2.45) is 11.3 Å². The van der Waals surface area contributed by atoms with E-state index in [-0.39, 0.29) is 11.3 Å². The first-order valence-electron chi connectivity index (χ1n) is 6.13. The molecular weight excluding hydrogens is 208 g/mol. The molecule has 3 fully saturated rings. The lowest BCUT2D eigenvalue weighted by Gasteiger charge is -2.21. The highest BCUT2D eigenvalue weighted by molar-refractivity contribution is 5.74. The van der Waals surface area contributed by atoms with Crippen molar-refractivity contribution in [3.8, 4) is 0 Å². The van der Waals surface area contributed by atoms with E-state index >= 15 is 0 Å². The highest BCUT2D eigenvalue weighted by Gasteiger charge is 2.58. The Kier molecular flexibility index (Phi) is 3.82. The van der Waals surface area contributed by atoms with Crippen LogP contribution in [0.3, 0.4) is 0 Å². The minimum atomic E-state index is -0.619. The van der Waals surface area contributed by atoms with Crippen LogP contribution in [-0.2, 0) is 14.3 Å². The lowest BCUT2D eigenvalue weighted by Crippen LogP contribution is -2.20. The molecule has 0 aromatic rings. The normalized spacial score (nSPS) is 30.6. The van der Waals surface area contributed by atoms with Crippen molar-refractivity contribution in [2.45, 2.75) is 32.1 Å². The largest absolute Gasteiger partial charge is 0.481 e. The summed E-state index contributed by atoms with van der Waals surface area (Å²) in [5.74, 6) is -0.682. The highest BCUT2D eigenvalue weighted by atomic mass is 16.5. The van der Waals surface area contributed by atoms with E-state index in [1.54, 1.807) is 0 Å². The fraction of sp³-hybridized carbons (Fsp3) is 0.917. The molecule has 4 nitrogen and oxygen atoms in total. The Labute approximate surface area is 95.9 Å². The van der Waals surface area contributed by atoms with Gasteiger partial charge in [-0.25, -0.2) is 0 Å². The Balaban J connectivity index is 0.000000162. The summed E-state index contributed by atoms with van der Waals surface area (Å²) in [5.41, 5.74) is 0.143. The zero-order chi connectivity index (χ0) is 11.4. The van der Waals surface area contributed by atoms with Gasteiger partial charge in [-0.2, -0.15) is 0 Å². The van der Waals surface area contributed by atoms with Gasteiger partial charge in [0.15, 0.2) is 0 Å². The van der Waals surface area contributed by atoms with Gasteiger partial charge in [-0.3, -0.25) is 4.79 Å². The van der Waals surface area contributed by atoms with Crippen LogP contribution in [0.4, 0.5) is 0 Å². The van der Waals surface area contributed by atoms with Gasteiger partial charge in [0.2, 0.25) is 0 Å². The number of hydrogen-bond donors (Lipinski definition) is 1. The van der Waals surface area contributed by atoms with E-state index in [0.717, 1.165) is 45.7 Å². The van der Waals surface area contributed by atoms with Crippen molar-refractivity contribution in [3.63, 3.8) is 0 Å². The molecule has 0 aromatic carbocycles. The minimum absolute atomic E-state index is 0.0635. The molecule has 2 saturated heterocycles. The molecular formula is C12H20O4. The van der Waals surface area contributed by atoms with Gasteiger partial charge in [-0.15, -0.1) is 0 Å². The van der Waals surface area contributed by atoms with Crippen molar-refractivity contribution in [1.82, 2.24) is 0 Å². The van der Waals surface area contributed by atoms with Gasteiger partial charge < -0.3 is 14.6 Å². The second kappa shape index (κ2) is 5.15. The summed E-state index contributed by atoms with van der Waals surface area (Å²) in [4.78, 5) is 10.6. The van der Waals surface area contributed by atoms with Gasteiger partial charge in [-0.05, 0) is 37.5 Å². The van der Waals surface area contributed by atoms with E-state index in [1.165, 1.54) is 12.8 Å². The molecule has 1 atom stereocenters. The lowest BCUT2D eigenvalue weighted by atomic mass is 9.94. The molecule has 2 aliphatic heterocycles. The first kappa shape index (κ1) is 11.9. The van der Waals surface area contributed by atoms with Crippen LogP contribution >= 0.6 is 0 Å². The quantitative estimate of drug-likeness (QED) is 0.742. The zero-order valence-corrected chi connectivity index (χ0v) is 9.61. The zero-order valence-electron chi connectivity index (χ0n) is 9.61. The SMILES string of the molecule is C1CCOC1.O=C(O)[C@@H]1CC12CCOCC2. The molecule has 92 valence electrons. The van der Waals surface area contributed by atoms with Gasteiger partial charge in [0.1, 0.15) is 0 Å². The smallest absolute Gasteiger partial charge is 0.307 e. The van der Waals surface area contributed by atoms with Crippen LogP contribution in [0.15, 0.2) is 0 Å². The van der Waals surface area contributed by atoms with Crippen LogP contribution in [0.5, 0.6) is 0 Å². The van der Waals surface area contributed by atoms with Gasteiger partial charge in [0.05, 0.1) is 5.92 Å². The van der Waals surface area contributed by atoms with Crippen LogP contribution < -0.4 is 0 Å². The Morgan fingerprint density at radius 1 is 1.06 bits per heavy atom. The lowest BCUT2D eigenvalue weighted by molar-refractivity contribution is -0.140. The second-order valence-corrected chi connectivity index (χ2v) is 4.89. The standard InChI is InChI=1S/C8H12O3.C4H8O/c9-7(10)6-5-8(6)1-3-11-4-2-8;1-2-4-5-3-1/h6H,1-5H2,(H,9,10);1-4H2/t6-;/m0./s1. The van der Waals surface area contributed by atoms with Crippen LogP contribution in [0, 0.1) is 11.3 Å². The van der Waals surface area contributed by atoms with Crippen molar-refractivity contribution in [1.29, 1.82) is 0 Å². The topological polar surface area (TPSA) is 55.8 Å². The number of ether oxygens (including phenoxy) is 2. The Hall–Kier alpha value is -0.610. The summed E-state index contributed by atoms with van der Waals surface area (Å²) < 4.78 is 10.1. The molecule has 1 N–H and O–H groups in total. The Morgan fingerprint density at radius 2 is 1.62 bits per heavy atom. The molecule has 1 aliphatic carbocycles. The van der Waals surface area contributed by atoms with Gasteiger partial charge in [0, 0.05) is 26.4 Å². The van der Waals surface area contributed by atoms with E-state index in [0.29, 0.717) is 0 Å². The highest BCUT2D eigenvalue weighted by Crippen LogP contribution is 2.59. The maximum absolute atomic E-state index is 10.6. The summed E-state index contributed by atoms with van der Waals surface area (Å²) in [5, 5.41) is 8.73. The number of hydrogen-bond acceptors (Lipinski definition) is 3. The third kappa shape index (κ3) is 2.74. The van der Waals surface area contributed by atoms with E-state index in [9.17, 15) is 4.79 Å². The van der Waals surface area contributed by atoms with Gasteiger partial charge in [-0.1, -0.05) is 0 Å². The van der Waals surface area contributed by atoms with Crippen LogP contribution in [0.2, 0.25) is 0 Å². The maximum atomic E-state index is 10.6. The fourth-order valence-corrected chi connectivity index (χ4v) is 2.54. The maximum Gasteiger partial charge on any atom is 0.307 e. The third-order valence-electron chi connectivity index (χ3n) is 3.80. The molecule has 0 radical (unpaired) electrons. The number of aliphatic carboxylic acids is 1. The summed E-state index contributed by atoms with van der Waals surface area (Å²) in [6, 6.07) is 0. The average molecular weight is 228 g/mol. The molecule has 4 heteroatoms. The number of carboxylic acids is 1. The van der Waals surface area contributed by atoms with Crippen molar-refractivity contribution >= 4 is 5.97 Å². The van der Waals surface area contributed by atoms with E-state index in [4.69, 9.17) is 14.6 Å². The molecule has 3 aliphatic rings. The van der Waals surface area contributed by atoms with Crippen molar-refractivity contribution in [3.05, 3.63) is 0 Å². The first-order valence-corrected chi connectivity index (χ1v) is 6.13. The van der Waals surface area contributed by atoms with Crippen molar-refractivity contribution < 1.29 is 19.4 Å². The van der Waals surface area contributed by atoms with Crippen LogP contribution in [-0.4, -0.2) is 37.5 Å². The number of carboxylic acid groups (broad SMARTS) is 1. The Morgan fingerprint density at radius 3 is 2.00 bits per heavy atom. The van der Waals surface area contributed by atoms with Crippen LogP contribution in [0.25, 0.3) is 0 Å². The monoisotopic (exact) mass is 228 g/mol. The van der Waals surface area contributed by atoms with E-state index < -0.39 is 5.97 Å². The van der Waals surface area contributed by atoms with E-state index in [1.807, 2.05) is 0 Å². The summed E-state index contributed by atoms with van der Waals surface area (Å²) in [7, 11) is 0. The summed E-state index contributed by atoms with van der Waals surface area (Å²) in [6.45, 7) is 3.51. The average Bonchev–Trinajstić information content (AvgIpc) is 2.76. The third-order valence-corrected chi connectivity index (χ3v) is 3.80. The summed E-state index contributed by atoms with van der Waals surface area (Å²) in [6.07, 6.45) is 5.33. The number of carbonyl (C=O) groups is 1. The fourth-order valence-electron chi connectivity index (χ4n) is 2.54. The summed E-state index contributed by atoms with van der Waals surface area (Å²) >= 11 is 0. The molecule has 1 spiro atoms. The first-order chi connectivity index (χ1) is 7.75. The number of rotatable bonds is 1. The molecule has 3 rings (SSSR count).